The van der Waals surface area contributed by atoms with Crippen LogP contribution in [0.25, 0.3) is 0 Å². The molecule has 0 heterocycles. The summed E-state index contributed by atoms with van der Waals surface area (Å²) >= 11 is 5.95. The summed E-state index contributed by atoms with van der Waals surface area (Å²) in [6.45, 7) is 2.18. The smallest absolute Gasteiger partial charge is 0.330 e. The lowest BCUT2D eigenvalue weighted by molar-refractivity contribution is -0.137. The molecule has 0 N–H and O–H groups in total. The molecule has 0 saturated carbocycles. The monoisotopic (exact) mass is 224 g/mol. The lowest BCUT2D eigenvalue weighted by Gasteiger charge is -1.99. The molecule has 0 atom stereocenters. The second kappa shape index (κ2) is 6.25. The SMILES string of the molecule is CCOC(=O)/C=C/Cc1ccccc1Cl. The molecule has 80 valence electrons. The van der Waals surface area contributed by atoms with Gasteiger partial charge in [-0.25, -0.2) is 4.79 Å². The molecule has 15 heavy (non-hydrogen) atoms. The highest BCUT2D eigenvalue weighted by molar-refractivity contribution is 6.31. The molecule has 1 aromatic carbocycles. The third kappa shape index (κ3) is 4.17. The van der Waals surface area contributed by atoms with Crippen LogP contribution in [0.4, 0.5) is 0 Å². The van der Waals surface area contributed by atoms with Crippen LogP contribution < -0.4 is 0 Å². The Bertz CT molecular complexity index is 358. The highest BCUT2D eigenvalue weighted by Gasteiger charge is 1.97. The van der Waals surface area contributed by atoms with Gasteiger partial charge in [-0.15, -0.1) is 0 Å². The molecule has 0 aliphatic carbocycles. The van der Waals surface area contributed by atoms with Gasteiger partial charge in [0.2, 0.25) is 0 Å². The Balaban J connectivity index is 2.50. The number of allylic oxidation sites excluding steroid dienone is 1. The highest BCUT2D eigenvalue weighted by Crippen LogP contribution is 2.15. The third-order valence-electron chi connectivity index (χ3n) is 1.84. The average Bonchev–Trinajstić information content (AvgIpc) is 2.21. The predicted octanol–water partition coefficient (Wildman–Crippen LogP) is 3.00. The van der Waals surface area contributed by atoms with Gasteiger partial charge >= 0.3 is 5.97 Å². The Kier molecular flexibility index (Phi) is 4.91. The summed E-state index contributed by atoms with van der Waals surface area (Å²) < 4.78 is 4.75. The standard InChI is InChI=1S/C12H13ClO2/c1-2-15-12(14)9-5-7-10-6-3-4-8-11(10)13/h3-6,8-9H,2,7H2,1H3/b9-5+. The van der Waals surface area contributed by atoms with Gasteiger partial charge < -0.3 is 4.74 Å². The second-order valence-electron chi connectivity index (χ2n) is 2.95. The van der Waals surface area contributed by atoms with E-state index in [1.807, 2.05) is 24.3 Å². The predicted molar refractivity (Wildman–Crippen MR) is 60.9 cm³/mol. The molecule has 0 aliphatic heterocycles. The van der Waals surface area contributed by atoms with E-state index in [4.69, 9.17) is 16.3 Å². The van der Waals surface area contributed by atoms with Gasteiger partial charge in [0.1, 0.15) is 0 Å². The molecule has 0 spiro atoms. The third-order valence-corrected chi connectivity index (χ3v) is 2.20. The highest BCUT2D eigenvalue weighted by atomic mass is 35.5. The number of carbonyl (C=O) groups excluding carboxylic acids is 1. The second-order valence-corrected chi connectivity index (χ2v) is 3.36. The van der Waals surface area contributed by atoms with Gasteiger partial charge in [-0.3, -0.25) is 0 Å². The first-order chi connectivity index (χ1) is 7.24. The normalized spacial score (nSPS) is 10.5. The van der Waals surface area contributed by atoms with E-state index >= 15 is 0 Å². The summed E-state index contributed by atoms with van der Waals surface area (Å²) in [5.41, 5.74) is 1.000. The Labute approximate surface area is 94.5 Å². The Morgan fingerprint density at radius 2 is 2.20 bits per heavy atom. The van der Waals surface area contributed by atoms with E-state index in [0.717, 1.165) is 5.56 Å². The van der Waals surface area contributed by atoms with E-state index < -0.39 is 0 Å². The molecule has 0 aromatic heterocycles. The maximum atomic E-state index is 11.0. The molecule has 1 aromatic rings. The summed E-state index contributed by atoms with van der Waals surface area (Å²) in [6, 6.07) is 7.55. The van der Waals surface area contributed by atoms with Crippen LogP contribution in [0.2, 0.25) is 5.02 Å². The van der Waals surface area contributed by atoms with Crippen molar-refractivity contribution < 1.29 is 9.53 Å². The fourth-order valence-corrected chi connectivity index (χ4v) is 1.35. The first-order valence-electron chi connectivity index (χ1n) is 4.80. The molecule has 0 saturated heterocycles. The van der Waals surface area contributed by atoms with Crippen molar-refractivity contribution in [3.63, 3.8) is 0 Å². The number of halogens is 1. The lowest BCUT2D eigenvalue weighted by atomic mass is 10.1. The van der Waals surface area contributed by atoms with E-state index in [9.17, 15) is 4.79 Å². The first kappa shape index (κ1) is 11.8. The minimum absolute atomic E-state index is 0.315. The van der Waals surface area contributed by atoms with Crippen molar-refractivity contribution in [2.75, 3.05) is 6.61 Å². The van der Waals surface area contributed by atoms with Crippen molar-refractivity contribution in [2.45, 2.75) is 13.3 Å². The van der Waals surface area contributed by atoms with Crippen molar-refractivity contribution in [3.8, 4) is 0 Å². The van der Waals surface area contributed by atoms with Crippen molar-refractivity contribution in [1.82, 2.24) is 0 Å². The van der Waals surface area contributed by atoms with E-state index in [-0.39, 0.29) is 5.97 Å². The number of esters is 1. The average molecular weight is 225 g/mol. The van der Waals surface area contributed by atoms with E-state index in [2.05, 4.69) is 0 Å². The maximum absolute atomic E-state index is 11.0. The summed E-state index contributed by atoms with van der Waals surface area (Å²) in [5.74, 6) is -0.315. The van der Waals surface area contributed by atoms with Crippen LogP contribution in [-0.4, -0.2) is 12.6 Å². The minimum atomic E-state index is -0.315. The van der Waals surface area contributed by atoms with Gasteiger partial charge in [0.05, 0.1) is 6.61 Å². The van der Waals surface area contributed by atoms with E-state index in [1.165, 1.54) is 6.08 Å². The first-order valence-corrected chi connectivity index (χ1v) is 5.18. The van der Waals surface area contributed by atoms with Gasteiger partial charge in [-0.05, 0) is 25.0 Å². The Morgan fingerprint density at radius 3 is 2.87 bits per heavy atom. The maximum Gasteiger partial charge on any atom is 0.330 e. The molecule has 0 fully saturated rings. The van der Waals surface area contributed by atoms with Crippen molar-refractivity contribution in [3.05, 3.63) is 47.0 Å². The van der Waals surface area contributed by atoms with Gasteiger partial charge in [0, 0.05) is 11.1 Å². The van der Waals surface area contributed by atoms with Crippen LogP contribution in [0.3, 0.4) is 0 Å². The molecule has 2 nitrogen and oxygen atoms in total. The molecule has 0 bridgehead atoms. The van der Waals surface area contributed by atoms with Gasteiger partial charge in [-0.1, -0.05) is 35.9 Å². The molecule has 0 aliphatic rings. The van der Waals surface area contributed by atoms with Crippen molar-refractivity contribution >= 4 is 17.6 Å². The molecular weight excluding hydrogens is 212 g/mol. The fraction of sp³-hybridized carbons (Fsp3) is 0.250. The van der Waals surface area contributed by atoms with Crippen LogP contribution in [-0.2, 0) is 16.0 Å². The zero-order chi connectivity index (χ0) is 11.1. The Hall–Kier alpha value is -1.28. The Morgan fingerprint density at radius 1 is 1.47 bits per heavy atom. The summed E-state index contributed by atoms with van der Waals surface area (Å²) in [6.07, 6.45) is 3.81. The molecule has 0 unspecified atom stereocenters. The number of carbonyl (C=O) groups is 1. The molecular formula is C12H13ClO2. The van der Waals surface area contributed by atoms with Gasteiger partial charge in [0.25, 0.3) is 0 Å². The minimum Gasteiger partial charge on any atom is -0.463 e. The number of benzene rings is 1. The van der Waals surface area contributed by atoms with Gasteiger partial charge in [-0.2, -0.15) is 0 Å². The van der Waals surface area contributed by atoms with E-state index in [1.54, 1.807) is 13.0 Å². The van der Waals surface area contributed by atoms with Crippen LogP contribution in [0.1, 0.15) is 12.5 Å². The topological polar surface area (TPSA) is 26.3 Å². The summed E-state index contributed by atoms with van der Waals surface area (Å²) in [7, 11) is 0. The molecule has 3 heteroatoms. The number of hydrogen-bond donors (Lipinski definition) is 0. The van der Waals surface area contributed by atoms with Crippen LogP contribution >= 0.6 is 11.6 Å². The van der Waals surface area contributed by atoms with Crippen molar-refractivity contribution in [1.29, 1.82) is 0 Å². The largest absolute Gasteiger partial charge is 0.463 e. The van der Waals surface area contributed by atoms with Crippen LogP contribution in [0.15, 0.2) is 36.4 Å². The van der Waals surface area contributed by atoms with Crippen molar-refractivity contribution in [2.24, 2.45) is 0 Å². The number of hydrogen-bond acceptors (Lipinski definition) is 2. The van der Waals surface area contributed by atoms with E-state index in [0.29, 0.717) is 18.1 Å². The zero-order valence-corrected chi connectivity index (χ0v) is 9.33. The quantitative estimate of drug-likeness (QED) is 0.581. The van der Waals surface area contributed by atoms with Crippen LogP contribution in [0.5, 0.6) is 0 Å². The number of rotatable bonds is 4. The molecule has 0 amide bonds. The zero-order valence-electron chi connectivity index (χ0n) is 8.57. The molecule has 1 rings (SSSR count). The van der Waals surface area contributed by atoms with Crippen LogP contribution in [0, 0.1) is 0 Å². The lowest BCUT2D eigenvalue weighted by Crippen LogP contribution is -1.99. The summed E-state index contributed by atoms with van der Waals surface area (Å²) in [5, 5.41) is 0.714. The van der Waals surface area contributed by atoms with Gasteiger partial charge in [0.15, 0.2) is 0 Å². The fourth-order valence-electron chi connectivity index (χ4n) is 1.14. The number of ether oxygens (including phenoxy) is 1. The molecule has 0 radical (unpaired) electrons. The summed E-state index contributed by atoms with van der Waals surface area (Å²) in [4.78, 5) is 11.0.